The van der Waals surface area contributed by atoms with Crippen LogP contribution in [0, 0.1) is 6.92 Å². The molecule has 5 heteroatoms. The van der Waals surface area contributed by atoms with Crippen LogP contribution in [0.4, 0.5) is 5.82 Å². The summed E-state index contributed by atoms with van der Waals surface area (Å²) in [5.41, 5.74) is 1.06. The van der Waals surface area contributed by atoms with E-state index in [9.17, 15) is 5.11 Å². The lowest BCUT2D eigenvalue weighted by Gasteiger charge is -2.28. The van der Waals surface area contributed by atoms with E-state index in [0.29, 0.717) is 12.6 Å². The Labute approximate surface area is 115 Å². The van der Waals surface area contributed by atoms with Crippen molar-refractivity contribution in [2.75, 3.05) is 32.1 Å². The summed E-state index contributed by atoms with van der Waals surface area (Å²) in [6.07, 6.45) is 1.46. The molecule has 0 aromatic carbocycles. The number of aliphatic hydroxyl groups is 1. The molecule has 0 spiro atoms. The van der Waals surface area contributed by atoms with Gasteiger partial charge in [0.25, 0.3) is 0 Å². The van der Waals surface area contributed by atoms with Crippen LogP contribution in [0.5, 0.6) is 0 Å². The SMILES string of the molecule is CCc1cc(N2CC(O)CC2CN(C)C)nc(C)n1. The lowest BCUT2D eigenvalue weighted by atomic mass is 10.2. The van der Waals surface area contributed by atoms with Gasteiger partial charge in [-0.15, -0.1) is 0 Å². The van der Waals surface area contributed by atoms with Gasteiger partial charge in [0.2, 0.25) is 0 Å². The highest BCUT2D eigenvalue weighted by Crippen LogP contribution is 2.25. The van der Waals surface area contributed by atoms with Crippen molar-refractivity contribution in [3.8, 4) is 0 Å². The van der Waals surface area contributed by atoms with Crippen LogP contribution in [0.15, 0.2) is 6.07 Å². The van der Waals surface area contributed by atoms with Crippen LogP contribution in [0.25, 0.3) is 0 Å². The van der Waals surface area contributed by atoms with Crippen molar-refractivity contribution in [3.05, 3.63) is 17.6 Å². The molecule has 1 aliphatic heterocycles. The first kappa shape index (κ1) is 14.2. The first-order valence-electron chi connectivity index (χ1n) is 6.93. The van der Waals surface area contributed by atoms with E-state index >= 15 is 0 Å². The highest BCUT2D eigenvalue weighted by Gasteiger charge is 2.32. The monoisotopic (exact) mass is 264 g/mol. The van der Waals surface area contributed by atoms with Gasteiger partial charge in [-0.2, -0.15) is 0 Å². The molecule has 2 atom stereocenters. The molecule has 19 heavy (non-hydrogen) atoms. The third kappa shape index (κ3) is 3.42. The summed E-state index contributed by atoms with van der Waals surface area (Å²) in [6.45, 7) is 5.62. The zero-order valence-electron chi connectivity index (χ0n) is 12.3. The number of anilines is 1. The number of aromatic nitrogens is 2. The van der Waals surface area contributed by atoms with Crippen molar-refractivity contribution < 1.29 is 5.11 Å². The number of likely N-dealkylation sites (N-methyl/N-ethyl adjacent to an activating group) is 1. The van der Waals surface area contributed by atoms with Crippen LogP contribution in [0.3, 0.4) is 0 Å². The molecule has 1 saturated heterocycles. The molecule has 0 saturated carbocycles. The quantitative estimate of drug-likeness (QED) is 0.873. The van der Waals surface area contributed by atoms with Crippen molar-refractivity contribution in [3.63, 3.8) is 0 Å². The molecule has 2 heterocycles. The molecule has 0 radical (unpaired) electrons. The van der Waals surface area contributed by atoms with E-state index in [0.717, 1.165) is 36.7 Å². The average Bonchev–Trinajstić information content (AvgIpc) is 2.68. The number of aryl methyl sites for hydroxylation is 2. The zero-order chi connectivity index (χ0) is 14.0. The van der Waals surface area contributed by atoms with Gasteiger partial charge >= 0.3 is 0 Å². The van der Waals surface area contributed by atoms with Gasteiger partial charge in [0.05, 0.1) is 6.10 Å². The van der Waals surface area contributed by atoms with Gasteiger partial charge in [0.1, 0.15) is 11.6 Å². The lowest BCUT2D eigenvalue weighted by molar-refractivity contribution is 0.191. The molecule has 0 aliphatic carbocycles. The van der Waals surface area contributed by atoms with Crippen LogP contribution in [0.2, 0.25) is 0 Å². The second kappa shape index (κ2) is 5.84. The van der Waals surface area contributed by atoms with Crippen molar-refractivity contribution in [1.29, 1.82) is 0 Å². The van der Waals surface area contributed by atoms with Crippen LogP contribution < -0.4 is 4.90 Å². The Morgan fingerprint density at radius 2 is 2.16 bits per heavy atom. The molecule has 5 nitrogen and oxygen atoms in total. The summed E-state index contributed by atoms with van der Waals surface area (Å²) in [5, 5.41) is 9.94. The summed E-state index contributed by atoms with van der Waals surface area (Å²) in [5.74, 6) is 1.76. The van der Waals surface area contributed by atoms with Crippen LogP contribution >= 0.6 is 0 Å². The van der Waals surface area contributed by atoms with Gasteiger partial charge in [0, 0.05) is 30.9 Å². The van der Waals surface area contributed by atoms with Crippen LogP contribution in [-0.4, -0.2) is 59.3 Å². The fourth-order valence-corrected chi connectivity index (χ4v) is 2.71. The highest BCUT2D eigenvalue weighted by molar-refractivity contribution is 5.43. The third-order valence-corrected chi connectivity index (χ3v) is 3.50. The molecule has 0 bridgehead atoms. The van der Waals surface area contributed by atoms with Crippen molar-refractivity contribution >= 4 is 5.82 Å². The summed E-state index contributed by atoms with van der Waals surface area (Å²) in [7, 11) is 4.12. The van der Waals surface area contributed by atoms with E-state index in [1.807, 2.05) is 13.0 Å². The number of nitrogens with zero attached hydrogens (tertiary/aromatic N) is 4. The van der Waals surface area contributed by atoms with Gasteiger partial charge in [-0.05, 0) is 33.9 Å². The maximum atomic E-state index is 9.94. The molecule has 1 aromatic heterocycles. The summed E-state index contributed by atoms with van der Waals surface area (Å²) in [4.78, 5) is 13.3. The second-order valence-electron chi connectivity index (χ2n) is 5.58. The summed E-state index contributed by atoms with van der Waals surface area (Å²) < 4.78 is 0. The Hall–Kier alpha value is -1.20. The van der Waals surface area contributed by atoms with Crippen molar-refractivity contribution in [2.24, 2.45) is 0 Å². The maximum absolute atomic E-state index is 9.94. The molecule has 1 N–H and O–H groups in total. The van der Waals surface area contributed by atoms with E-state index in [-0.39, 0.29) is 6.10 Å². The smallest absolute Gasteiger partial charge is 0.132 e. The minimum absolute atomic E-state index is 0.259. The second-order valence-corrected chi connectivity index (χ2v) is 5.58. The van der Waals surface area contributed by atoms with Crippen molar-refractivity contribution in [2.45, 2.75) is 38.8 Å². The highest BCUT2D eigenvalue weighted by atomic mass is 16.3. The number of β-amino-alcohol motifs (C(OH)–C–C–N with tert-alkyl or cyclic N) is 1. The Morgan fingerprint density at radius 3 is 2.79 bits per heavy atom. The number of rotatable bonds is 4. The molecule has 106 valence electrons. The zero-order valence-corrected chi connectivity index (χ0v) is 12.3. The topological polar surface area (TPSA) is 52.5 Å². The standard InChI is InChI=1S/C14H24N4O/c1-5-11-6-14(16-10(2)15-11)18-9-13(19)7-12(18)8-17(3)4/h6,12-13,19H,5,7-9H2,1-4H3. The Kier molecular flexibility index (Phi) is 4.37. The number of hydrogen-bond donors (Lipinski definition) is 1. The van der Waals surface area contributed by atoms with Gasteiger partial charge in [0.15, 0.2) is 0 Å². The molecule has 1 aliphatic rings. The normalized spacial score (nSPS) is 23.4. The average molecular weight is 264 g/mol. The fourth-order valence-electron chi connectivity index (χ4n) is 2.71. The molecule has 0 amide bonds. The summed E-state index contributed by atoms with van der Waals surface area (Å²) in [6, 6.07) is 2.37. The van der Waals surface area contributed by atoms with Gasteiger partial charge in [-0.1, -0.05) is 6.92 Å². The molecule has 1 aromatic rings. The van der Waals surface area contributed by atoms with E-state index in [1.165, 1.54) is 0 Å². The Balaban J connectivity index is 2.25. The van der Waals surface area contributed by atoms with Gasteiger partial charge in [-0.25, -0.2) is 9.97 Å². The van der Waals surface area contributed by atoms with Gasteiger partial charge < -0.3 is 14.9 Å². The van der Waals surface area contributed by atoms with E-state index in [2.05, 4.69) is 40.8 Å². The Morgan fingerprint density at radius 1 is 1.42 bits per heavy atom. The number of aliphatic hydroxyl groups excluding tert-OH is 1. The minimum Gasteiger partial charge on any atom is -0.391 e. The Bertz CT molecular complexity index is 435. The van der Waals surface area contributed by atoms with Gasteiger partial charge in [-0.3, -0.25) is 0 Å². The lowest BCUT2D eigenvalue weighted by Crippen LogP contribution is -2.38. The predicted molar refractivity (Wildman–Crippen MR) is 76.5 cm³/mol. The fraction of sp³-hybridized carbons (Fsp3) is 0.714. The molecular weight excluding hydrogens is 240 g/mol. The molecule has 2 rings (SSSR count). The molecule has 2 unspecified atom stereocenters. The van der Waals surface area contributed by atoms with E-state index < -0.39 is 0 Å². The minimum atomic E-state index is -0.259. The van der Waals surface area contributed by atoms with Crippen LogP contribution in [-0.2, 0) is 6.42 Å². The van der Waals surface area contributed by atoms with Crippen molar-refractivity contribution in [1.82, 2.24) is 14.9 Å². The maximum Gasteiger partial charge on any atom is 0.132 e. The van der Waals surface area contributed by atoms with Crippen LogP contribution in [0.1, 0.15) is 24.9 Å². The van der Waals surface area contributed by atoms with E-state index in [1.54, 1.807) is 0 Å². The molecular formula is C14H24N4O. The predicted octanol–water partition coefficient (Wildman–Crippen LogP) is 0.849. The summed E-state index contributed by atoms with van der Waals surface area (Å²) >= 11 is 0. The largest absolute Gasteiger partial charge is 0.391 e. The first-order valence-corrected chi connectivity index (χ1v) is 6.93. The van der Waals surface area contributed by atoms with E-state index in [4.69, 9.17) is 0 Å². The number of hydrogen-bond acceptors (Lipinski definition) is 5. The third-order valence-electron chi connectivity index (χ3n) is 3.50. The molecule has 1 fully saturated rings. The first-order chi connectivity index (χ1) is 8.99.